The number of fused-ring (bicyclic) bond motifs is 2. The molecule has 6 nitrogen and oxygen atoms in total. The first-order valence-corrected chi connectivity index (χ1v) is 5.26. The lowest BCUT2D eigenvalue weighted by Gasteiger charge is -2.27. The Bertz CT molecular complexity index is 514. The van der Waals surface area contributed by atoms with E-state index >= 15 is 0 Å². The Hall–Kier alpha value is -2.20. The summed E-state index contributed by atoms with van der Waals surface area (Å²) in [6, 6.07) is -0.463. The van der Waals surface area contributed by atoms with Gasteiger partial charge in [0.15, 0.2) is 11.9 Å². The molecular weight excluding hydrogens is 222 g/mol. The first kappa shape index (κ1) is 9.99. The molecule has 0 saturated carbocycles. The van der Waals surface area contributed by atoms with Crippen LogP contribution in [0, 0.1) is 5.92 Å². The van der Waals surface area contributed by atoms with E-state index in [1.807, 2.05) is 6.08 Å². The summed E-state index contributed by atoms with van der Waals surface area (Å²) < 4.78 is 10.7. The molecule has 0 spiro atoms. The van der Waals surface area contributed by atoms with Crippen LogP contribution in [0.2, 0.25) is 0 Å². The van der Waals surface area contributed by atoms with Crippen molar-refractivity contribution in [3.05, 3.63) is 46.3 Å². The van der Waals surface area contributed by atoms with Gasteiger partial charge in [-0.3, -0.25) is 4.79 Å². The summed E-state index contributed by atoms with van der Waals surface area (Å²) in [7, 11) is 0. The average molecular weight is 231 g/mol. The molecule has 6 heteroatoms. The molecule has 2 aliphatic heterocycles. The molecule has 0 radical (unpaired) electrons. The predicted molar refractivity (Wildman–Crippen MR) is 57.6 cm³/mol. The molecule has 3 aliphatic rings. The number of azide groups is 1. The van der Waals surface area contributed by atoms with Crippen LogP contribution in [0.3, 0.4) is 0 Å². The molecule has 1 saturated heterocycles. The minimum Gasteiger partial charge on any atom is -0.497 e. The lowest BCUT2D eigenvalue weighted by molar-refractivity contribution is -0.129. The monoisotopic (exact) mass is 231 g/mol. The molecule has 0 aromatic rings. The number of ketones is 1. The van der Waals surface area contributed by atoms with Crippen molar-refractivity contribution in [3.63, 3.8) is 0 Å². The molecule has 0 aromatic carbocycles. The summed E-state index contributed by atoms with van der Waals surface area (Å²) >= 11 is 0. The Morgan fingerprint density at radius 1 is 1.53 bits per heavy atom. The average Bonchev–Trinajstić information content (AvgIpc) is 2.74. The van der Waals surface area contributed by atoms with E-state index in [1.54, 1.807) is 12.2 Å². The van der Waals surface area contributed by atoms with Crippen LogP contribution in [0.5, 0.6) is 0 Å². The standard InChI is InChI=1S/C11H9N3O3/c12-14-13-7-5-17-8-4-6-2-1-3-16-11(6)10(15)9(7)8/h1-4,7,9,11H,5H2. The van der Waals surface area contributed by atoms with Crippen LogP contribution in [0.15, 0.2) is 40.9 Å². The number of carbonyl (C=O) groups excluding carboxylic acids is 1. The van der Waals surface area contributed by atoms with Gasteiger partial charge in [0.2, 0.25) is 0 Å². The molecular formula is C11H9N3O3. The summed E-state index contributed by atoms with van der Waals surface area (Å²) in [5, 5.41) is 3.60. The lowest BCUT2D eigenvalue weighted by atomic mass is 9.83. The van der Waals surface area contributed by atoms with Crippen molar-refractivity contribution in [2.75, 3.05) is 6.61 Å². The second-order valence-corrected chi connectivity index (χ2v) is 4.02. The Labute approximate surface area is 96.8 Å². The van der Waals surface area contributed by atoms with Gasteiger partial charge in [-0.15, -0.1) is 0 Å². The second kappa shape index (κ2) is 3.68. The maximum Gasteiger partial charge on any atom is 0.188 e. The Morgan fingerprint density at radius 3 is 3.24 bits per heavy atom. The smallest absolute Gasteiger partial charge is 0.188 e. The third kappa shape index (κ3) is 1.42. The SMILES string of the molecule is [N-]=[N+]=NC1COC2=CC3=CC=COC3C(=O)C21. The van der Waals surface area contributed by atoms with Gasteiger partial charge in [0.1, 0.15) is 5.76 Å². The summed E-state index contributed by atoms with van der Waals surface area (Å²) in [5.41, 5.74) is 9.24. The molecule has 3 unspecified atom stereocenters. The van der Waals surface area contributed by atoms with E-state index in [2.05, 4.69) is 10.0 Å². The highest BCUT2D eigenvalue weighted by atomic mass is 16.5. The van der Waals surface area contributed by atoms with Gasteiger partial charge in [-0.25, -0.2) is 0 Å². The Kier molecular flexibility index (Phi) is 2.16. The van der Waals surface area contributed by atoms with Crippen LogP contribution in [-0.4, -0.2) is 24.5 Å². The third-order valence-electron chi connectivity index (χ3n) is 3.07. The Balaban J connectivity index is 2.02. The maximum atomic E-state index is 12.2. The fourth-order valence-corrected chi connectivity index (χ4v) is 2.31. The lowest BCUT2D eigenvalue weighted by Crippen LogP contribution is -2.38. The zero-order chi connectivity index (χ0) is 11.8. The molecule has 3 atom stereocenters. The van der Waals surface area contributed by atoms with Crippen molar-refractivity contribution >= 4 is 5.78 Å². The zero-order valence-electron chi connectivity index (χ0n) is 8.81. The number of rotatable bonds is 1. The number of nitrogens with zero attached hydrogens (tertiary/aromatic N) is 3. The molecule has 86 valence electrons. The van der Waals surface area contributed by atoms with Crippen molar-refractivity contribution in [1.29, 1.82) is 0 Å². The van der Waals surface area contributed by atoms with Gasteiger partial charge in [-0.2, -0.15) is 0 Å². The highest BCUT2D eigenvalue weighted by molar-refractivity contribution is 5.94. The van der Waals surface area contributed by atoms with E-state index in [-0.39, 0.29) is 12.4 Å². The van der Waals surface area contributed by atoms with Gasteiger partial charge >= 0.3 is 0 Å². The fourth-order valence-electron chi connectivity index (χ4n) is 2.31. The van der Waals surface area contributed by atoms with Crippen LogP contribution in [0.25, 0.3) is 10.4 Å². The van der Waals surface area contributed by atoms with Crippen LogP contribution >= 0.6 is 0 Å². The maximum absolute atomic E-state index is 12.2. The Morgan fingerprint density at radius 2 is 2.41 bits per heavy atom. The van der Waals surface area contributed by atoms with Crippen LogP contribution in [0.1, 0.15) is 0 Å². The van der Waals surface area contributed by atoms with Gasteiger partial charge in [0, 0.05) is 10.5 Å². The predicted octanol–water partition coefficient (Wildman–Crippen LogP) is 1.62. The van der Waals surface area contributed by atoms with Crippen molar-refractivity contribution in [2.24, 2.45) is 11.0 Å². The fraction of sp³-hybridized carbons (Fsp3) is 0.364. The topological polar surface area (TPSA) is 84.3 Å². The molecule has 0 amide bonds. The molecule has 0 aromatic heterocycles. The first-order chi connectivity index (χ1) is 8.31. The van der Waals surface area contributed by atoms with Gasteiger partial charge in [-0.05, 0) is 17.7 Å². The van der Waals surface area contributed by atoms with Crippen LogP contribution < -0.4 is 0 Å². The van der Waals surface area contributed by atoms with E-state index in [1.165, 1.54) is 6.26 Å². The normalized spacial score (nSPS) is 33.4. The van der Waals surface area contributed by atoms with E-state index in [0.29, 0.717) is 5.76 Å². The summed E-state index contributed by atoms with van der Waals surface area (Å²) in [5.74, 6) is -0.0265. The molecule has 2 heterocycles. The largest absolute Gasteiger partial charge is 0.497 e. The number of hydrogen-bond acceptors (Lipinski definition) is 4. The molecule has 0 N–H and O–H groups in total. The molecule has 1 aliphatic carbocycles. The number of Topliss-reactive ketones (excluding diaryl/α,β-unsaturated/α-hetero) is 1. The van der Waals surface area contributed by atoms with Crippen LogP contribution in [0.4, 0.5) is 0 Å². The van der Waals surface area contributed by atoms with Crippen molar-refractivity contribution in [3.8, 4) is 0 Å². The van der Waals surface area contributed by atoms with Crippen molar-refractivity contribution in [2.45, 2.75) is 12.1 Å². The summed E-state index contributed by atoms with van der Waals surface area (Å²) in [6.45, 7) is 0.250. The molecule has 0 bridgehead atoms. The highest BCUT2D eigenvalue weighted by Gasteiger charge is 2.46. The van der Waals surface area contributed by atoms with E-state index in [9.17, 15) is 4.79 Å². The number of allylic oxidation sites excluding steroid dienone is 2. The van der Waals surface area contributed by atoms with Crippen LogP contribution in [-0.2, 0) is 14.3 Å². The third-order valence-corrected chi connectivity index (χ3v) is 3.07. The summed E-state index contributed by atoms with van der Waals surface area (Å²) in [4.78, 5) is 15.0. The quantitative estimate of drug-likeness (QED) is 0.390. The molecule has 1 fully saturated rings. The number of ether oxygens (including phenoxy) is 2. The van der Waals surface area contributed by atoms with Gasteiger partial charge < -0.3 is 9.47 Å². The van der Waals surface area contributed by atoms with Gasteiger partial charge in [-0.1, -0.05) is 11.2 Å². The van der Waals surface area contributed by atoms with Crippen molar-refractivity contribution < 1.29 is 14.3 Å². The second-order valence-electron chi connectivity index (χ2n) is 4.02. The minimum absolute atomic E-state index is 0.104. The van der Waals surface area contributed by atoms with E-state index < -0.39 is 18.1 Å². The minimum atomic E-state index is -0.591. The first-order valence-electron chi connectivity index (χ1n) is 5.26. The highest BCUT2D eigenvalue weighted by Crippen LogP contribution is 2.37. The van der Waals surface area contributed by atoms with Crippen molar-refractivity contribution in [1.82, 2.24) is 0 Å². The van der Waals surface area contributed by atoms with E-state index in [0.717, 1.165) is 5.57 Å². The van der Waals surface area contributed by atoms with E-state index in [4.69, 9.17) is 15.0 Å². The number of hydrogen-bond donors (Lipinski definition) is 0. The molecule has 17 heavy (non-hydrogen) atoms. The van der Waals surface area contributed by atoms with Gasteiger partial charge in [0.25, 0.3) is 0 Å². The van der Waals surface area contributed by atoms with Gasteiger partial charge in [0.05, 0.1) is 24.8 Å². The summed E-state index contributed by atoms with van der Waals surface area (Å²) in [6.07, 6.45) is 6.25. The molecule has 3 rings (SSSR count). The zero-order valence-corrected chi connectivity index (χ0v) is 8.81. The number of carbonyl (C=O) groups is 1.